The summed E-state index contributed by atoms with van der Waals surface area (Å²) in [4.78, 5) is 9.89. The van der Waals surface area contributed by atoms with Crippen molar-refractivity contribution < 1.29 is 4.92 Å². The molecule has 6 heteroatoms. The summed E-state index contributed by atoms with van der Waals surface area (Å²) in [5, 5.41) is 14.3. The Kier molecular flexibility index (Phi) is 2.30. The fourth-order valence-electron chi connectivity index (χ4n) is 0.915. The monoisotopic (exact) mass is 203 g/mol. The van der Waals surface area contributed by atoms with Crippen LogP contribution in [0.4, 0.5) is 5.69 Å². The minimum atomic E-state index is -0.544. The van der Waals surface area contributed by atoms with E-state index in [1.807, 2.05) is 20.8 Å². The SMILES string of the molecule is CC(C)(C)n1ncc([N+](=O)[O-])c1Cl. The van der Waals surface area contributed by atoms with E-state index in [1.165, 1.54) is 4.68 Å². The summed E-state index contributed by atoms with van der Waals surface area (Å²) in [5.41, 5.74) is -0.498. The Morgan fingerprint density at radius 2 is 2.15 bits per heavy atom. The summed E-state index contributed by atoms with van der Waals surface area (Å²) in [6, 6.07) is 0. The van der Waals surface area contributed by atoms with Gasteiger partial charge in [0.1, 0.15) is 6.20 Å². The second kappa shape index (κ2) is 2.99. The molecule has 0 saturated heterocycles. The Labute approximate surface area is 80.5 Å². The molecule has 0 bridgehead atoms. The van der Waals surface area contributed by atoms with Gasteiger partial charge in [0, 0.05) is 0 Å². The van der Waals surface area contributed by atoms with Crippen molar-refractivity contribution in [2.24, 2.45) is 0 Å². The lowest BCUT2D eigenvalue weighted by Crippen LogP contribution is -2.23. The van der Waals surface area contributed by atoms with Gasteiger partial charge in [-0.1, -0.05) is 11.6 Å². The van der Waals surface area contributed by atoms with Gasteiger partial charge in [0.25, 0.3) is 0 Å². The van der Waals surface area contributed by atoms with Crippen LogP contribution in [-0.2, 0) is 5.54 Å². The van der Waals surface area contributed by atoms with Crippen LogP contribution in [0.3, 0.4) is 0 Å². The summed E-state index contributed by atoms with van der Waals surface area (Å²) in [6.45, 7) is 5.61. The van der Waals surface area contributed by atoms with Gasteiger partial charge >= 0.3 is 5.69 Å². The molecule has 0 fully saturated rings. The van der Waals surface area contributed by atoms with Gasteiger partial charge in [0.05, 0.1) is 10.5 Å². The first kappa shape index (κ1) is 9.98. The number of hydrogen-bond acceptors (Lipinski definition) is 3. The zero-order chi connectivity index (χ0) is 10.2. The van der Waals surface area contributed by atoms with E-state index in [2.05, 4.69) is 5.10 Å². The van der Waals surface area contributed by atoms with E-state index in [-0.39, 0.29) is 16.4 Å². The smallest absolute Gasteiger partial charge is 0.258 e. The lowest BCUT2D eigenvalue weighted by molar-refractivity contribution is -0.384. The van der Waals surface area contributed by atoms with Gasteiger partial charge in [-0.25, -0.2) is 4.68 Å². The van der Waals surface area contributed by atoms with Crippen LogP contribution < -0.4 is 0 Å². The lowest BCUT2D eigenvalue weighted by Gasteiger charge is -2.19. The van der Waals surface area contributed by atoms with Gasteiger partial charge in [0.2, 0.25) is 5.15 Å². The minimum Gasteiger partial charge on any atom is -0.258 e. The average Bonchev–Trinajstić information content (AvgIpc) is 2.28. The van der Waals surface area contributed by atoms with Gasteiger partial charge in [-0.15, -0.1) is 0 Å². The number of halogens is 1. The molecular formula is C7H10ClN3O2. The number of nitro groups is 1. The maximum absolute atomic E-state index is 10.4. The average molecular weight is 204 g/mol. The van der Waals surface area contributed by atoms with E-state index in [9.17, 15) is 10.1 Å². The first-order valence-corrected chi connectivity index (χ1v) is 4.10. The zero-order valence-corrected chi connectivity index (χ0v) is 8.37. The summed E-state index contributed by atoms with van der Waals surface area (Å²) in [5.74, 6) is 0. The second-order valence-electron chi connectivity index (χ2n) is 3.66. The van der Waals surface area contributed by atoms with Crippen molar-refractivity contribution in [1.82, 2.24) is 9.78 Å². The summed E-state index contributed by atoms with van der Waals surface area (Å²) >= 11 is 5.76. The first-order valence-electron chi connectivity index (χ1n) is 3.72. The van der Waals surface area contributed by atoms with Crippen molar-refractivity contribution in [1.29, 1.82) is 0 Å². The molecule has 72 valence electrons. The third kappa shape index (κ3) is 1.80. The third-order valence-electron chi connectivity index (χ3n) is 1.52. The molecule has 1 rings (SSSR count). The van der Waals surface area contributed by atoms with Crippen LogP contribution in [0.15, 0.2) is 6.20 Å². The minimum absolute atomic E-state index is 0.0671. The maximum Gasteiger partial charge on any atom is 0.325 e. The molecule has 1 aromatic heterocycles. The van der Waals surface area contributed by atoms with Crippen LogP contribution in [0, 0.1) is 10.1 Å². The van der Waals surface area contributed by atoms with E-state index in [4.69, 9.17) is 11.6 Å². The quantitative estimate of drug-likeness (QED) is 0.519. The largest absolute Gasteiger partial charge is 0.325 e. The van der Waals surface area contributed by atoms with Crippen molar-refractivity contribution in [3.63, 3.8) is 0 Å². The highest BCUT2D eigenvalue weighted by Crippen LogP contribution is 2.28. The highest BCUT2D eigenvalue weighted by Gasteiger charge is 2.25. The van der Waals surface area contributed by atoms with Gasteiger partial charge < -0.3 is 0 Å². The molecular weight excluding hydrogens is 194 g/mol. The van der Waals surface area contributed by atoms with E-state index < -0.39 is 4.92 Å². The fraction of sp³-hybridized carbons (Fsp3) is 0.571. The third-order valence-corrected chi connectivity index (χ3v) is 1.88. The van der Waals surface area contributed by atoms with Crippen molar-refractivity contribution in [3.8, 4) is 0 Å². The second-order valence-corrected chi connectivity index (χ2v) is 4.02. The van der Waals surface area contributed by atoms with Crippen LogP contribution in [0.25, 0.3) is 0 Å². The summed E-state index contributed by atoms with van der Waals surface area (Å²) in [7, 11) is 0. The van der Waals surface area contributed by atoms with Crippen LogP contribution in [0.5, 0.6) is 0 Å². The van der Waals surface area contributed by atoms with Gasteiger partial charge in [-0.05, 0) is 20.8 Å². The highest BCUT2D eigenvalue weighted by molar-refractivity contribution is 6.31. The Morgan fingerprint density at radius 1 is 1.62 bits per heavy atom. The summed E-state index contributed by atoms with van der Waals surface area (Å²) in [6.07, 6.45) is 1.16. The van der Waals surface area contributed by atoms with Gasteiger partial charge in [-0.2, -0.15) is 5.10 Å². The number of rotatable bonds is 1. The maximum atomic E-state index is 10.4. The number of nitrogens with zero attached hydrogens (tertiary/aromatic N) is 3. The van der Waals surface area contributed by atoms with E-state index >= 15 is 0 Å². The molecule has 13 heavy (non-hydrogen) atoms. The van der Waals surface area contributed by atoms with Crippen LogP contribution >= 0.6 is 11.6 Å². The fourth-order valence-corrected chi connectivity index (χ4v) is 1.33. The van der Waals surface area contributed by atoms with E-state index in [0.29, 0.717) is 0 Å². The van der Waals surface area contributed by atoms with Crippen molar-refractivity contribution in [2.75, 3.05) is 0 Å². The highest BCUT2D eigenvalue weighted by atomic mass is 35.5. The molecule has 0 aliphatic carbocycles. The van der Waals surface area contributed by atoms with E-state index in [0.717, 1.165) is 6.20 Å². The Balaban J connectivity index is 3.22. The van der Waals surface area contributed by atoms with E-state index in [1.54, 1.807) is 0 Å². The van der Waals surface area contributed by atoms with Crippen molar-refractivity contribution >= 4 is 17.3 Å². The molecule has 0 atom stereocenters. The molecule has 5 nitrogen and oxygen atoms in total. The van der Waals surface area contributed by atoms with Crippen LogP contribution in [0.1, 0.15) is 20.8 Å². The molecule has 1 heterocycles. The molecule has 0 aromatic carbocycles. The molecule has 0 aliphatic heterocycles. The Morgan fingerprint density at radius 3 is 2.38 bits per heavy atom. The standard InChI is InChI=1S/C7H10ClN3O2/c1-7(2,3)10-6(8)5(4-9-10)11(12)13/h4H,1-3H3. The zero-order valence-electron chi connectivity index (χ0n) is 7.61. The van der Waals surface area contributed by atoms with Crippen molar-refractivity contribution in [3.05, 3.63) is 21.5 Å². The molecule has 0 saturated carbocycles. The Bertz CT molecular complexity index is 340. The van der Waals surface area contributed by atoms with Gasteiger partial charge in [0.15, 0.2) is 0 Å². The molecule has 0 spiro atoms. The van der Waals surface area contributed by atoms with Crippen LogP contribution in [-0.4, -0.2) is 14.7 Å². The molecule has 0 unspecified atom stereocenters. The molecule has 0 N–H and O–H groups in total. The lowest BCUT2D eigenvalue weighted by atomic mass is 10.1. The molecule has 0 amide bonds. The normalized spacial score (nSPS) is 11.7. The molecule has 0 radical (unpaired) electrons. The topological polar surface area (TPSA) is 61.0 Å². The van der Waals surface area contributed by atoms with Crippen molar-refractivity contribution in [2.45, 2.75) is 26.3 Å². The molecule has 0 aliphatic rings. The molecule has 1 aromatic rings. The van der Waals surface area contributed by atoms with Gasteiger partial charge in [-0.3, -0.25) is 10.1 Å². The predicted molar refractivity (Wildman–Crippen MR) is 48.9 cm³/mol. The first-order chi connectivity index (χ1) is 5.84. The summed E-state index contributed by atoms with van der Waals surface area (Å²) < 4.78 is 1.42. The predicted octanol–water partition coefficient (Wildman–Crippen LogP) is 2.20. The van der Waals surface area contributed by atoms with Crippen LogP contribution in [0.2, 0.25) is 5.15 Å². The Hall–Kier alpha value is -1.10. The number of hydrogen-bond donors (Lipinski definition) is 0. The number of aromatic nitrogens is 2.